The molecule has 0 aromatic heterocycles. The second kappa shape index (κ2) is 6.48. The molecule has 11 heavy (non-hydrogen) atoms. The van der Waals surface area contributed by atoms with Crippen LogP contribution in [0.15, 0.2) is 0 Å². The number of hydrogen-bond acceptors (Lipinski definition) is 5. The number of esters is 2. The van der Waals surface area contributed by atoms with Crippen LogP contribution in [0.2, 0.25) is 0 Å². The molecule has 5 nitrogen and oxygen atoms in total. The molecule has 0 aromatic rings. The first kappa shape index (κ1) is 13.4. The Bertz CT molecular complexity index is 179. The Hall–Kier alpha value is -0.230. The molecule has 0 unspecified atom stereocenters. The van der Waals surface area contributed by atoms with Crippen LogP contribution in [0.25, 0.3) is 0 Å². The zero-order valence-corrected chi connectivity index (χ0v) is 5.42. The van der Waals surface area contributed by atoms with E-state index < -0.39 is 24.3 Å². The molecule has 0 rings (SSSR count). The summed E-state index contributed by atoms with van der Waals surface area (Å²) in [5.74, 6) is -2.89. The van der Waals surface area contributed by atoms with E-state index in [0.29, 0.717) is 0 Å². The molecular weight excluding hydrogens is 161 g/mol. The van der Waals surface area contributed by atoms with Gasteiger partial charge in [-0.05, 0) is 0 Å². The summed E-state index contributed by atoms with van der Waals surface area (Å²) in [4.78, 5) is 30.6. The second-order valence-electron chi connectivity index (χ2n) is 1.52. The Morgan fingerprint density at radius 3 is 2.09 bits per heavy atom. The molecule has 0 aliphatic carbocycles. The first-order valence-electron chi connectivity index (χ1n) is 2.53. The summed E-state index contributed by atoms with van der Waals surface area (Å²) >= 11 is 0. The first-order valence-corrected chi connectivity index (χ1v) is 2.53. The second-order valence-corrected chi connectivity index (χ2v) is 1.52. The Morgan fingerprint density at radius 2 is 1.82 bits per heavy atom. The van der Waals surface area contributed by atoms with Gasteiger partial charge in [0, 0.05) is 6.92 Å². The molecule has 58 valence electrons. The van der Waals surface area contributed by atoms with Gasteiger partial charge in [0.1, 0.15) is 0 Å². The molecule has 0 saturated carbocycles. The molecule has 0 saturated heterocycles. The fourth-order valence-electron chi connectivity index (χ4n) is 0.217. The van der Waals surface area contributed by atoms with Crippen molar-refractivity contribution in [3.8, 4) is 0 Å². The van der Waals surface area contributed by atoms with Crippen molar-refractivity contribution in [2.24, 2.45) is 5.73 Å². The minimum atomic E-state index is -1.17. The topological polar surface area (TPSA) is 86.5 Å². The summed E-state index contributed by atoms with van der Waals surface area (Å²) in [5, 5.41) is 0. The molecule has 0 radical (unpaired) electrons. The monoisotopic (exact) mass is 169 g/mol. The summed E-state index contributed by atoms with van der Waals surface area (Å²) in [6.45, 7) is 0.602. The Kier molecular flexibility index (Phi) is 7.87. The van der Waals surface area contributed by atoms with Crippen LogP contribution < -0.4 is 5.73 Å². The fraction of sp³-hybridized carbons (Fsp3) is 0.400. The van der Waals surface area contributed by atoms with Gasteiger partial charge in [-0.25, -0.2) is 4.79 Å². The van der Waals surface area contributed by atoms with Crippen LogP contribution >= 0.6 is 0 Å². The van der Waals surface area contributed by atoms with E-state index in [2.05, 4.69) is 4.74 Å². The third kappa shape index (κ3) is 6.18. The summed E-state index contributed by atoms with van der Waals surface area (Å²) in [6.07, 6.45) is 0. The average Bonchev–Trinajstić information content (AvgIpc) is 1.87. The van der Waals surface area contributed by atoms with Crippen molar-refractivity contribution in [1.82, 2.24) is 0 Å². The van der Waals surface area contributed by atoms with Crippen LogP contribution in [-0.2, 0) is 19.1 Å². The van der Waals surface area contributed by atoms with Gasteiger partial charge in [0.25, 0.3) is 0 Å². The Labute approximate surface area is 85.6 Å². The summed E-state index contributed by atoms with van der Waals surface area (Å²) in [6, 6.07) is 0. The van der Waals surface area contributed by atoms with Crippen molar-refractivity contribution in [1.29, 1.82) is 0 Å². The molecule has 0 aromatic carbocycles. The van der Waals surface area contributed by atoms with Crippen LogP contribution in [0, 0.1) is 0 Å². The number of carbonyl (C=O) groups is 3. The summed E-state index contributed by atoms with van der Waals surface area (Å²) < 4.78 is 3.91. The van der Waals surface area contributed by atoms with Gasteiger partial charge in [-0.2, -0.15) is 0 Å². The number of ether oxygens (including phenoxy) is 1. The van der Waals surface area contributed by atoms with E-state index in [-0.39, 0.29) is 29.6 Å². The molecule has 0 fully saturated rings. The van der Waals surface area contributed by atoms with Gasteiger partial charge in [-0.3, -0.25) is 9.59 Å². The number of carbonyl (C=O) groups excluding carboxylic acids is 3. The minimum absolute atomic E-state index is 0. The van der Waals surface area contributed by atoms with E-state index in [0.717, 1.165) is 6.92 Å². The van der Waals surface area contributed by atoms with E-state index in [4.69, 9.17) is 5.73 Å². The SMILES string of the molecule is CC(=O)C(=O)OC(=O)CN.[NaH]. The molecule has 0 amide bonds. The van der Waals surface area contributed by atoms with Crippen LogP contribution in [0.5, 0.6) is 0 Å². The van der Waals surface area contributed by atoms with E-state index in [1.165, 1.54) is 0 Å². The van der Waals surface area contributed by atoms with Gasteiger partial charge < -0.3 is 10.5 Å². The maximum atomic E-state index is 10.3. The van der Waals surface area contributed by atoms with E-state index in [9.17, 15) is 14.4 Å². The molecule has 6 heteroatoms. The predicted molar refractivity (Wildman–Crippen MR) is 38.0 cm³/mol. The average molecular weight is 169 g/mol. The molecule has 0 bridgehead atoms. The normalized spacial score (nSPS) is 7.82. The standard InChI is InChI=1S/C5H7NO4.Na.H/c1-3(7)5(9)10-4(8)2-6;;/h2,6H2,1H3;;. The van der Waals surface area contributed by atoms with Crippen LogP contribution in [-0.4, -0.2) is 53.8 Å². The first-order chi connectivity index (χ1) is 4.57. The molecule has 0 aliphatic rings. The van der Waals surface area contributed by atoms with Crippen molar-refractivity contribution in [2.45, 2.75) is 6.92 Å². The van der Waals surface area contributed by atoms with Gasteiger partial charge in [-0.15, -0.1) is 0 Å². The number of hydrogen-bond donors (Lipinski definition) is 1. The van der Waals surface area contributed by atoms with Crippen molar-refractivity contribution >= 4 is 47.3 Å². The van der Waals surface area contributed by atoms with Gasteiger partial charge in [0.15, 0.2) is 0 Å². The predicted octanol–water partition coefficient (Wildman–Crippen LogP) is -2.04. The van der Waals surface area contributed by atoms with Crippen LogP contribution in [0.3, 0.4) is 0 Å². The molecular formula is C5H8NNaO4. The quantitative estimate of drug-likeness (QED) is 0.222. The van der Waals surface area contributed by atoms with Gasteiger partial charge in [0.05, 0.1) is 6.54 Å². The van der Waals surface area contributed by atoms with Crippen molar-refractivity contribution in [2.75, 3.05) is 6.54 Å². The van der Waals surface area contributed by atoms with Gasteiger partial charge in [0.2, 0.25) is 5.78 Å². The van der Waals surface area contributed by atoms with Crippen molar-refractivity contribution in [3.05, 3.63) is 0 Å². The third-order valence-electron chi connectivity index (χ3n) is 0.661. The summed E-state index contributed by atoms with van der Waals surface area (Å²) in [7, 11) is 0. The zero-order chi connectivity index (χ0) is 8.15. The molecule has 0 spiro atoms. The summed E-state index contributed by atoms with van der Waals surface area (Å²) in [5.41, 5.74) is 4.78. The van der Waals surface area contributed by atoms with Crippen molar-refractivity contribution in [3.63, 3.8) is 0 Å². The van der Waals surface area contributed by atoms with E-state index >= 15 is 0 Å². The Morgan fingerprint density at radius 1 is 1.36 bits per heavy atom. The Balaban J connectivity index is 0. The van der Waals surface area contributed by atoms with E-state index in [1.807, 2.05) is 0 Å². The number of Topliss-reactive ketones (excluding diaryl/α,β-unsaturated/α-hetero) is 1. The fourth-order valence-corrected chi connectivity index (χ4v) is 0.217. The molecule has 0 aliphatic heterocycles. The van der Waals surface area contributed by atoms with E-state index in [1.54, 1.807) is 0 Å². The number of rotatable bonds is 2. The van der Waals surface area contributed by atoms with Gasteiger partial charge in [-0.1, -0.05) is 0 Å². The maximum absolute atomic E-state index is 10.3. The third-order valence-corrected chi connectivity index (χ3v) is 0.661. The number of nitrogens with two attached hydrogens (primary N) is 1. The van der Waals surface area contributed by atoms with Crippen LogP contribution in [0.4, 0.5) is 0 Å². The van der Waals surface area contributed by atoms with Crippen LogP contribution in [0.1, 0.15) is 6.92 Å². The number of ketones is 1. The molecule has 0 heterocycles. The molecule has 0 atom stereocenters. The van der Waals surface area contributed by atoms with Gasteiger partial charge >= 0.3 is 41.5 Å². The van der Waals surface area contributed by atoms with Crippen molar-refractivity contribution < 1.29 is 19.1 Å². The zero-order valence-electron chi connectivity index (χ0n) is 5.42. The molecule has 2 N–H and O–H groups in total.